The maximum Gasteiger partial charge on any atom is 0.122 e. The van der Waals surface area contributed by atoms with Crippen LogP contribution in [-0.2, 0) is 20.1 Å². The number of hydrogen-bond acceptors (Lipinski definition) is 3. The van der Waals surface area contributed by atoms with Gasteiger partial charge in [0.1, 0.15) is 11.6 Å². The predicted octanol–water partition coefficient (Wildman–Crippen LogP) is 2.98. The third kappa shape index (κ3) is 3.64. The summed E-state index contributed by atoms with van der Waals surface area (Å²) >= 11 is 0. The summed E-state index contributed by atoms with van der Waals surface area (Å²) in [6.45, 7) is 4.60. The second-order valence-electron chi connectivity index (χ2n) is 5.67. The Balaban J connectivity index is 1.70. The Morgan fingerprint density at radius 2 is 2.19 bits per heavy atom. The molecule has 1 aliphatic rings. The number of aromatic nitrogens is 2. The zero-order valence-corrected chi connectivity index (χ0v) is 12.8. The van der Waals surface area contributed by atoms with Crippen LogP contribution in [-0.4, -0.2) is 27.1 Å². The van der Waals surface area contributed by atoms with Crippen molar-refractivity contribution in [2.24, 2.45) is 7.05 Å². The van der Waals surface area contributed by atoms with Crippen molar-refractivity contribution >= 4 is 0 Å². The first-order valence-corrected chi connectivity index (χ1v) is 7.68. The van der Waals surface area contributed by atoms with Crippen molar-refractivity contribution in [2.75, 3.05) is 6.61 Å². The molecule has 0 radical (unpaired) electrons. The summed E-state index contributed by atoms with van der Waals surface area (Å²) in [5.74, 6) is 2.09. The van der Waals surface area contributed by atoms with E-state index < -0.39 is 0 Å². The van der Waals surface area contributed by atoms with Crippen LogP contribution in [0.3, 0.4) is 0 Å². The Labute approximate surface area is 126 Å². The van der Waals surface area contributed by atoms with Gasteiger partial charge in [0.05, 0.1) is 13.2 Å². The van der Waals surface area contributed by atoms with E-state index in [1.54, 1.807) is 0 Å². The molecule has 0 spiro atoms. The molecular formula is C17H23N3O. The normalized spacial score (nSPS) is 14.6. The first-order valence-electron chi connectivity index (χ1n) is 7.68. The van der Waals surface area contributed by atoms with E-state index in [2.05, 4.69) is 39.7 Å². The zero-order chi connectivity index (χ0) is 14.7. The van der Waals surface area contributed by atoms with Crippen LogP contribution in [0.2, 0.25) is 0 Å². The highest BCUT2D eigenvalue weighted by atomic mass is 16.5. The van der Waals surface area contributed by atoms with Gasteiger partial charge < -0.3 is 9.30 Å². The van der Waals surface area contributed by atoms with Gasteiger partial charge in [0.25, 0.3) is 0 Å². The van der Waals surface area contributed by atoms with Crippen molar-refractivity contribution in [1.82, 2.24) is 14.5 Å². The van der Waals surface area contributed by atoms with Gasteiger partial charge in [-0.15, -0.1) is 0 Å². The van der Waals surface area contributed by atoms with E-state index in [0.29, 0.717) is 12.6 Å². The second-order valence-corrected chi connectivity index (χ2v) is 5.67. The van der Waals surface area contributed by atoms with E-state index in [0.717, 1.165) is 24.7 Å². The maximum absolute atomic E-state index is 5.59. The second kappa shape index (κ2) is 6.31. The molecule has 1 aliphatic carbocycles. The number of imidazole rings is 1. The third-order valence-corrected chi connectivity index (χ3v) is 3.92. The van der Waals surface area contributed by atoms with Crippen LogP contribution in [0.5, 0.6) is 5.75 Å². The lowest BCUT2D eigenvalue weighted by molar-refractivity contribution is 0.236. The number of aryl methyl sites for hydroxylation is 1. The molecule has 0 atom stereocenters. The molecule has 0 bridgehead atoms. The number of benzene rings is 1. The van der Waals surface area contributed by atoms with E-state index in [1.165, 1.54) is 18.4 Å². The van der Waals surface area contributed by atoms with E-state index >= 15 is 0 Å². The summed E-state index contributed by atoms with van der Waals surface area (Å²) in [5, 5.41) is 0. The molecular weight excluding hydrogens is 262 g/mol. The quantitative estimate of drug-likeness (QED) is 0.783. The molecule has 3 rings (SSSR count). The van der Waals surface area contributed by atoms with Crippen molar-refractivity contribution in [1.29, 1.82) is 0 Å². The van der Waals surface area contributed by atoms with Gasteiger partial charge in [-0.25, -0.2) is 4.98 Å². The van der Waals surface area contributed by atoms with E-state index in [9.17, 15) is 0 Å². The van der Waals surface area contributed by atoms with Gasteiger partial charge in [0, 0.05) is 32.0 Å². The molecule has 21 heavy (non-hydrogen) atoms. The SMILES string of the molecule is CCOc1cccc(CN(Cc2nccn2C)C2CC2)c1. The molecule has 1 heterocycles. The molecule has 112 valence electrons. The van der Waals surface area contributed by atoms with Crippen LogP contribution >= 0.6 is 0 Å². The van der Waals surface area contributed by atoms with E-state index in [1.807, 2.05) is 25.4 Å². The first-order chi connectivity index (χ1) is 10.3. The van der Waals surface area contributed by atoms with Crippen molar-refractivity contribution in [3.8, 4) is 5.75 Å². The smallest absolute Gasteiger partial charge is 0.122 e. The number of ether oxygens (including phenoxy) is 1. The molecule has 1 fully saturated rings. The fraction of sp³-hybridized carbons (Fsp3) is 0.471. The van der Waals surface area contributed by atoms with Crippen molar-refractivity contribution < 1.29 is 4.74 Å². The van der Waals surface area contributed by atoms with E-state index in [4.69, 9.17) is 4.74 Å². The summed E-state index contributed by atoms with van der Waals surface area (Å²) in [7, 11) is 2.06. The number of rotatable bonds is 7. The Bertz CT molecular complexity index is 589. The molecule has 0 aliphatic heterocycles. The highest BCUT2D eigenvalue weighted by molar-refractivity contribution is 5.28. The fourth-order valence-electron chi connectivity index (χ4n) is 2.62. The van der Waals surface area contributed by atoms with Crippen LogP contribution in [0, 0.1) is 0 Å². The zero-order valence-electron chi connectivity index (χ0n) is 12.8. The highest BCUT2D eigenvalue weighted by Crippen LogP contribution is 2.30. The van der Waals surface area contributed by atoms with Crippen LogP contribution < -0.4 is 4.74 Å². The third-order valence-electron chi connectivity index (χ3n) is 3.92. The molecule has 0 amide bonds. The lowest BCUT2D eigenvalue weighted by Gasteiger charge is -2.22. The van der Waals surface area contributed by atoms with Gasteiger partial charge in [-0.1, -0.05) is 12.1 Å². The molecule has 4 nitrogen and oxygen atoms in total. The van der Waals surface area contributed by atoms with Crippen LogP contribution in [0.15, 0.2) is 36.7 Å². The summed E-state index contributed by atoms with van der Waals surface area (Å²) in [4.78, 5) is 6.97. The summed E-state index contributed by atoms with van der Waals surface area (Å²) in [6, 6.07) is 9.13. The minimum Gasteiger partial charge on any atom is -0.494 e. The molecule has 2 aromatic rings. The monoisotopic (exact) mass is 285 g/mol. The van der Waals surface area contributed by atoms with Crippen LogP contribution in [0.1, 0.15) is 31.2 Å². The topological polar surface area (TPSA) is 30.3 Å². The number of hydrogen-bond donors (Lipinski definition) is 0. The molecule has 0 N–H and O–H groups in total. The van der Waals surface area contributed by atoms with Gasteiger partial charge in [-0.2, -0.15) is 0 Å². The van der Waals surface area contributed by atoms with Gasteiger partial charge >= 0.3 is 0 Å². The Hall–Kier alpha value is -1.81. The Morgan fingerprint density at radius 3 is 2.86 bits per heavy atom. The van der Waals surface area contributed by atoms with Crippen LogP contribution in [0.4, 0.5) is 0 Å². The van der Waals surface area contributed by atoms with Gasteiger partial charge in [0.15, 0.2) is 0 Å². The van der Waals surface area contributed by atoms with Gasteiger partial charge in [-0.05, 0) is 37.5 Å². The molecule has 1 aromatic carbocycles. The number of nitrogens with zero attached hydrogens (tertiary/aromatic N) is 3. The summed E-state index contributed by atoms with van der Waals surface area (Å²) < 4.78 is 7.70. The average Bonchev–Trinajstić information content (AvgIpc) is 3.24. The fourth-order valence-corrected chi connectivity index (χ4v) is 2.62. The molecule has 0 unspecified atom stereocenters. The largest absolute Gasteiger partial charge is 0.494 e. The molecule has 0 saturated heterocycles. The first kappa shape index (κ1) is 14.1. The molecule has 4 heteroatoms. The molecule has 1 saturated carbocycles. The minimum absolute atomic E-state index is 0.706. The van der Waals surface area contributed by atoms with Crippen molar-refractivity contribution in [2.45, 2.75) is 38.9 Å². The summed E-state index contributed by atoms with van der Waals surface area (Å²) in [5.41, 5.74) is 1.31. The van der Waals surface area contributed by atoms with Crippen molar-refractivity contribution in [3.63, 3.8) is 0 Å². The minimum atomic E-state index is 0.706. The summed E-state index contributed by atoms with van der Waals surface area (Å²) in [6.07, 6.45) is 6.48. The lowest BCUT2D eigenvalue weighted by Crippen LogP contribution is -2.26. The lowest BCUT2D eigenvalue weighted by atomic mass is 10.2. The van der Waals surface area contributed by atoms with Crippen molar-refractivity contribution in [3.05, 3.63) is 48.0 Å². The maximum atomic E-state index is 5.59. The Morgan fingerprint density at radius 1 is 1.33 bits per heavy atom. The van der Waals surface area contributed by atoms with Gasteiger partial charge in [0.2, 0.25) is 0 Å². The average molecular weight is 285 g/mol. The Kier molecular flexibility index (Phi) is 4.25. The van der Waals surface area contributed by atoms with Crippen LogP contribution in [0.25, 0.3) is 0 Å². The van der Waals surface area contributed by atoms with E-state index in [-0.39, 0.29) is 0 Å². The standard InChI is InChI=1S/C17H23N3O/c1-3-21-16-6-4-5-14(11-16)12-20(15-7-8-15)13-17-18-9-10-19(17)2/h4-6,9-11,15H,3,7-8,12-13H2,1-2H3. The highest BCUT2D eigenvalue weighted by Gasteiger charge is 2.29. The van der Waals surface area contributed by atoms with Gasteiger partial charge in [-0.3, -0.25) is 4.90 Å². The predicted molar refractivity (Wildman–Crippen MR) is 83.1 cm³/mol. The molecule has 1 aromatic heterocycles.